The normalized spacial score (nSPS) is 11.6. The van der Waals surface area contributed by atoms with Gasteiger partial charge in [0.15, 0.2) is 5.13 Å². The van der Waals surface area contributed by atoms with Gasteiger partial charge in [0.2, 0.25) is 11.8 Å². The molecule has 0 saturated carbocycles. The zero-order valence-electron chi connectivity index (χ0n) is 16.0. The van der Waals surface area contributed by atoms with E-state index in [0.29, 0.717) is 23.2 Å². The van der Waals surface area contributed by atoms with Crippen molar-refractivity contribution >= 4 is 50.1 Å². The average molecular weight is 480 g/mol. The Balaban J connectivity index is 1.48. The number of hydrogen-bond donors (Lipinski definition) is 1. The largest absolute Gasteiger partial charge is 0.445 e. The molecule has 0 saturated heterocycles. The van der Waals surface area contributed by atoms with Gasteiger partial charge in [0, 0.05) is 10.9 Å². The Hall–Kier alpha value is -1.64. The summed E-state index contributed by atoms with van der Waals surface area (Å²) in [5.41, 5.74) is 1.13. The minimum atomic E-state index is -0.0762. The number of thioether (sulfide) groups is 1. The summed E-state index contributed by atoms with van der Waals surface area (Å²) in [4.78, 5) is 20.8. The number of halogens is 1. The number of nitrogens with zero attached hydrogens (tertiary/aromatic N) is 2. The maximum Gasteiger partial charge on any atom is 0.230 e. The lowest BCUT2D eigenvalue weighted by Crippen LogP contribution is -2.13. The molecule has 2 heterocycles. The predicted molar refractivity (Wildman–Crippen MR) is 118 cm³/mol. The van der Waals surface area contributed by atoms with Crippen LogP contribution in [-0.2, 0) is 23.4 Å². The van der Waals surface area contributed by atoms with E-state index in [9.17, 15) is 4.79 Å². The predicted octanol–water partition coefficient (Wildman–Crippen LogP) is 5.96. The van der Waals surface area contributed by atoms with E-state index < -0.39 is 0 Å². The number of thiazole rings is 1. The van der Waals surface area contributed by atoms with Gasteiger partial charge in [-0.2, -0.15) is 0 Å². The van der Waals surface area contributed by atoms with Gasteiger partial charge in [-0.1, -0.05) is 60.2 Å². The average Bonchev–Trinajstić information content (AvgIpc) is 3.23. The van der Waals surface area contributed by atoms with Crippen LogP contribution in [0.1, 0.15) is 38.0 Å². The van der Waals surface area contributed by atoms with Gasteiger partial charge in [-0.15, -0.1) is 11.8 Å². The van der Waals surface area contributed by atoms with Crippen LogP contribution in [0.4, 0.5) is 5.13 Å². The monoisotopic (exact) mass is 479 g/mol. The van der Waals surface area contributed by atoms with E-state index >= 15 is 0 Å². The van der Waals surface area contributed by atoms with E-state index in [1.54, 1.807) is 18.0 Å². The van der Waals surface area contributed by atoms with Gasteiger partial charge in [-0.3, -0.25) is 4.79 Å². The molecule has 0 aliphatic rings. The Kier molecular flexibility index (Phi) is 6.95. The number of hydrogen-bond acceptors (Lipinski definition) is 6. The molecule has 0 bridgehead atoms. The van der Waals surface area contributed by atoms with Gasteiger partial charge in [-0.05, 0) is 23.1 Å². The van der Waals surface area contributed by atoms with Crippen LogP contribution in [0.2, 0.25) is 0 Å². The number of carbonyl (C=O) groups is 1. The van der Waals surface area contributed by atoms with Crippen molar-refractivity contribution in [3.05, 3.63) is 58.3 Å². The van der Waals surface area contributed by atoms with Crippen molar-refractivity contribution in [2.75, 3.05) is 5.32 Å². The van der Waals surface area contributed by atoms with Crippen LogP contribution >= 0.6 is 39.0 Å². The van der Waals surface area contributed by atoms with Crippen LogP contribution in [0, 0.1) is 5.41 Å². The molecular weight excluding hydrogens is 458 g/mol. The summed E-state index contributed by atoms with van der Waals surface area (Å²) in [7, 11) is 0. The van der Waals surface area contributed by atoms with Crippen LogP contribution < -0.4 is 5.32 Å². The summed E-state index contributed by atoms with van der Waals surface area (Å²) in [6.45, 7) is 6.52. The Morgan fingerprint density at radius 3 is 2.68 bits per heavy atom. The van der Waals surface area contributed by atoms with Gasteiger partial charge < -0.3 is 9.73 Å². The highest BCUT2D eigenvalue weighted by molar-refractivity contribution is 9.10. The first-order valence-electron chi connectivity index (χ1n) is 8.83. The standard InChI is InChI=1S/C20H22BrN3O2S2/c1-20(2,3)9-15-10-22-17(26-15)12-27-18-11-23-19(28-18)24-16(25)8-13-4-6-14(21)7-5-13/h4-7,10-11H,8-9,12H2,1-3H3,(H,23,24,25). The first kappa shape index (κ1) is 21.1. The zero-order chi connectivity index (χ0) is 20.1. The highest BCUT2D eigenvalue weighted by Gasteiger charge is 2.15. The highest BCUT2D eigenvalue weighted by atomic mass is 79.9. The molecule has 1 amide bonds. The second-order valence-electron chi connectivity index (χ2n) is 7.58. The van der Waals surface area contributed by atoms with Crippen LogP contribution in [0.3, 0.4) is 0 Å². The van der Waals surface area contributed by atoms with Gasteiger partial charge >= 0.3 is 0 Å². The Morgan fingerprint density at radius 2 is 1.96 bits per heavy atom. The van der Waals surface area contributed by atoms with Crippen molar-refractivity contribution in [1.82, 2.24) is 9.97 Å². The molecule has 0 aliphatic heterocycles. The molecule has 0 aliphatic carbocycles. The number of carbonyl (C=O) groups excluding carboxylic acids is 1. The molecule has 0 atom stereocenters. The lowest BCUT2D eigenvalue weighted by molar-refractivity contribution is -0.115. The molecule has 0 unspecified atom stereocenters. The Labute approximate surface area is 181 Å². The summed E-state index contributed by atoms with van der Waals surface area (Å²) in [5.74, 6) is 2.18. The zero-order valence-corrected chi connectivity index (χ0v) is 19.2. The Morgan fingerprint density at radius 1 is 1.21 bits per heavy atom. The molecule has 1 N–H and O–H groups in total. The van der Waals surface area contributed by atoms with E-state index in [4.69, 9.17) is 4.42 Å². The molecule has 0 fully saturated rings. The molecule has 2 aromatic heterocycles. The van der Waals surface area contributed by atoms with E-state index in [2.05, 4.69) is 52.0 Å². The molecule has 3 rings (SSSR count). The minimum absolute atomic E-state index is 0.0762. The van der Waals surface area contributed by atoms with Crippen molar-refractivity contribution < 1.29 is 9.21 Å². The molecule has 3 aromatic rings. The van der Waals surface area contributed by atoms with Crippen LogP contribution in [0.25, 0.3) is 0 Å². The van der Waals surface area contributed by atoms with E-state index in [0.717, 1.165) is 26.4 Å². The molecule has 0 spiro atoms. The van der Waals surface area contributed by atoms with Crippen LogP contribution in [-0.4, -0.2) is 15.9 Å². The third-order valence-corrected chi connectivity index (χ3v) is 6.27. The molecule has 148 valence electrons. The first-order chi connectivity index (χ1) is 13.3. The summed E-state index contributed by atoms with van der Waals surface area (Å²) in [5, 5.41) is 3.46. The van der Waals surface area contributed by atoms with Crippen molar-refractivity contribution in [3.8, 4) is 0 Å². The van der Waals surface area contributed by atoms with Crippen molar-refractivity contribution in [2.24, 2.45) is 5.41 Å². The summed E-state index contributed by atoms with van der Waals surface area (Å²) < 4.78 is 7.81. The SMILES string of the molecule is CC(C)(C)Cc1cnc(CSc2cnc(NC(=O)Cc3ccc(Br)cc3)s2)o1. The number of anilines is 1. The molecule has 8 heteroatoms. The van der Waals surface area contributed by atoms with Gasteiger partial charge in [-0.25, -0.2) is 9.97 Å². The fourth-order valence-corrected chi connectivity index (χ4v) is 4.49. The molecule has 1 aromatic carbocycles. The summed E-state index contributed by atoms with van der Waals surface area (Å²) in [6, 6.07) is 7.71. The number of amides is 1. The first-order valence-corrected chi connectivity index (χ1v) is 11.4. The third-order valence-electron chi connectivity index (χ3n) is 3.65. The number of oxazole rings is 1. The molecule has 5 nitrogen and oxygen atoms in total. The number of benzene rings is 1. The maximum absolute atomic E-state index is 12.2. The van der Waals surface area contributed by atoms with Crippen LogP contribution in [0.15, 0.2) is 49.8 Å². The third kappa shape index (κ3) is 6.76. The summed E-state index contributed by atoms with van der Waals surface area (Å²) in [6.07, 6.45) is 4.76. The molecule has 0 radical (unpaired) electrons. The number of rotatable bonds is 7. The summed E-state index contributed by atoms with van der Waals surface area (Å²) >= 11 is 6.45. The van der Waals surface area contributed by atoms with Crippen molar-refractivity contribution in [2.45, 2.75) is 43.6 Å². The fourth-order valence-electron chi connectivity index (χ4n) is 2.49. The lowest BCUT2D eigenvalue weighted by atomic mass is 9.91. The van der Waals surface area contributed by atoms with Crippen molar-refractivity contribution in [3.63, 3.8) is 0 Å². The fraction of sp³-hybridized carbons (Fsp3) is 0.350. The Bertz CT molecular complexity index is 930. The highest BCUT2D eigenvalue weighted by Crippen LogP contribution is 2.31. The van der Waals surface area contributed by atoms with Crippen molar-refractivity contribution in [1.29, 1.82) is 0 Å². The minimum Gasteiger partial charge on any atom is -0.445 e. The maximum atomic E-state index is 12.2. The van der Waals surface area contributed by atoms with E-state index in [1.165, 1.54) is 11.3 Å². The van der Waals surface area contributed by atoms with E-state index in [1.807, 2.05) is 30.5 Å². The van der Waals surface area contributed by atoms with Gasteiger partial charge in [0.05, 0.1) is 28.8 Å². The number of nitrogens with one attached hydrogen (secondary N) is 1. The molecular formula is C20H22BrN3O2S2. The second-order valence-corrected chi connectivity index (χ2v) is 10.8. The van der Waals surface area contributed by atoms with Gasteiger partial charge in [0.25, 0.3) is 0 Å². The molecule has 28 heavy (non-hydrogen) atoms. The quantitative estimate of drug-likeness (QED) is 0.423. The van der Waals surface area contributed by atoms with Crippen LogP contribution in [0.5, 0.6) is 0 Å². The van der Waals surface area contributed by atoms with E-state index in [-0.39, 0.29) is 11.3 Å². The lowest BCUT2D eigenvalue weighted by Gasteiger charge is -2.15. The smallest absolute Gasteiger partial charge is 0.230 e. The second kappa shape index (κ2) is 9.24. The topological polar surface area (TPSA) is 68.0 Å². The van der Waals surface area contributed by atoms with Gasteiger partial charge in [0.1, 0.15) is 5.76 Å². The number of aromatic nitrogens is 2.